The quantitative estimate of drug-likeness (QED) is 0.447. The third kappa shape index (κ3) is 3.93. The first-order valence-electron chi connectivity index (χ1n) is 9.95. The predicted octanol–water partition coefficient (Wildman–Crippen LogP) is 2.70. The van der Waals surface area contributed by atoms with Crippen molar-refractivity contribution in [3.63, 3.8) is 0 Å². The van der Waals surface area contributed by atoms with Gasteiger partial charge in [-0.15, -0.1) is 0 Å². The number of aromatic nitrogens is 6. The Hall–Kier alpha value is -3.89. The highest BCUT2D eigenvalue weighted by molar-refractivity contribution is 5.91. The lowest BCUT2D eigenvalue weighted by molar-refractivity contribution is 0.0889. The van der Waals surface area contributed by atoms with Gasteiger partial charge in [0.25, 0.3) is 5.91 Å². The van der Waals surface area contributed by atoms with E-state index < -0.39 is 5.82 Å². The number of H-pyrrole nitrogens is 1. The van der Waals surface area contributed by atoms with E-state index in [0.29, 0.717) is 23.5 Å². The Kier molecular flexibility index (Phi) is 4.98. The second-order valence-electron chi connectivity index (χ2n) is 7.43. The Labute approximate surface area is 175 Å². The fourth-order valence-electron chi connectivity index (χ4n) is 3.88. The van der Waals surface area contributed by atoms with Gasteiger partial charge in [-0.25, -0.2) is 24.3 Å². The van der Waals surface area contributed by atoms with Gasteiger partial charge in [0, 0.05) is 41.5 Å². The summed E-state index contributed by atoms with van der Waals surface area (Å²) in [6.45, 7) is 0. The third-order valence-electron chi connectivity index (χ3n) is 5.35. The Morgan fingerprint density at radius 3 is 3.00 bits per heavy atom. The van der Waals surface area contributed by atoms with Gasteiger partial charge in [0.15, 0.2) is 17.5 Å². The van der Waals surface area contributed by atoms with Gasteiger partial charge in [-0.2, -0.15) is 0 Å². The Bertz CT molecular complexity index is 1210. The smallest absolute Gasteiger partial charge is 0.290 e. The molecule has 0 bridgehead atoms. The Balaban J connectivity index is 1.31. The van der Waals surface area contributed by atoms with E-state index in [9.17, 15) is 9.18 Å². The molecule has 0 aromatic carbocycles. The summed E-state index contributed by atoms with van der Waals surface area (Å²) in [5.74, 6) is -0.170. The van der Waals surface area contributed by atoms with Crippen LogP contribution >= 0.6 is 0 Å². The van der Waals surface area contributed by atoms with E-state index >= 15 is 0 Å². The highest BCUT2D eigenvalue weighted by Gasteiger charge is 2.26. The molecule has 11 heteroatoms. The van der Waals surface area contributed by atoms with Crippen molar-refractivity contribution < 1.29 is 13.7 Å². The van der Waals surface area contributed by atoms with Crippen LogP contribution in [-0.4, -0.2) is 48.1 Å². The van der Waals surface area contributed by atoms with Crippen LogP contribution in [0.15, 0.2) is 41.7 Å². The largest absolute Gasteiger partial charge is 0.365 e. The van der Waals surface area contributed by atoms with Crippen molar-refractivity contribution in [1.29, 1.82) is 0 Å². The number of hydrogen-bond acceptors (Lipinski definition) is 8. The average Bonchev–Trinajstić information content (AvgIpc) is 3.46. The molecule has 1 amide bonds. The molecule has 0 saturated heterocycles. The summed E-state index contributed by atoms with van der Waals surface area (Å²) in [7, 11) is 0. The molecule has 158 valence electrons. The normalized spacial score (nSPS) is 18.7. The van der Waals surface area contributed by atoms with Crippen molar-refractivity contribution in [2.24, 2.45) is 0 Å². The third-order valence-corrected chi connectivity index (χ3v) is 5.35. The summed E-state index contributed by atoms with van der Waals surface area (Å²) in [5, 5.41) is 10.4. The van der Waals surface area contributed by atoms with E-state index in [1.165, 1.54) is 18.6 Å². The zero-order valence-corrected chi connectivity index (χ0v) is 16.4. The lowest BCUT2D eigenvalue weighted by Gasteiger charge is -2.30. The molecule has 1 fully saturated rings. The molecule has 0 radical (unpaired) electrons. The standard InChI is InChI=1S/C20H19FN8O2/c21-15-9-24-18(14-8-23-17-13(14)7-22-10-25-17)29-19(15)27-11-2-1-3-12(6-11)28-20(30)16-4-5-26-31-16/h4-5,7-12H,1-3,6H2,(H,28,30)(H,22,23,25)(H,24,27,29)/t11-,12+/m1/s1. The summed E-state index contributed by atoms with van der Waals surface area (Å²) >= 11 is 0. The van der Waals surface area contributed by atoms with E-state index in [2.05, 4.69) is 40.7 Å². The molecule has 3 N–H and O–H groups in total. The van der Waals surface area contributed by atoms with Crippen LogP contribution < -0.4 is 10.6 Å². The maximum absolute atomic E-state index is 14.5. The van der Waals surface area contributed by atoms with Crippen LogP contribution in [0.2, 0.25) is 0 Å². The molecule has 10 nitrogen and oxygen atoms in total. The first kappa shape index (κ1) is 19.1. The van der Waals surface area contributed by atoms with Gasteiger partial charge in [0.2, 0.25) is 5.76 Å². The monoisotopic (exact) mass is 422 g/mol. The lowest BCUT2D eigenvalue weighted by atomic mass is 9.91. The minimum atomic E-state index is -0.535. The number of rotatable bonds is 5. The second kappa shape index (κ2) is 8.09. The fourth-order valence-corrected chi connectivity index (χ4v) is 3.88. The average molecular weight is 422 g/mol. The van der Waals surface area contributed by atoms with E-state index in [0.717, 1.165) is 30.8 Å². The van der Waals surface area contributed by atoms with Crippen molar-refractivity contribution in [1.82, 2.24) is 35.4 Å². The van der Waals surface area contributed by atoms with Crippen LogP contribution in [0.3, 0.4) is 0 Å². The number of nitrogens with zero attached hydrogens (tertiary/aromatic N) is 5. The van der Waals surface area contributed by atoms with E-state index in [1.807, 2.05) is 0 Å². The van der Waals surface area contributed by atoms with E-state index in [4.69, 9.17) is 4.52 Å². The molecular formula is C20H19FN8O2. The number of anilines is 1. The molecule has 5 rings (SSSR count). The summed E-state index contributed by atoms with van der Waals surface area (Å²) in [6, 6.07) is 1.41. The lowest BCUT2D eigenvalue weighted by Crippen LogP contribution is -2.41. The van der Waals surface area contributed by atoms with Gasteiger partial charge in [0.1, 0.15) is 12.0 Å². The van der Waals surface area contributed by atoms with Crippen LogP contribution in [0.5, 0.6) is 0 Å². The number of amides is 1. The molecule has 0 aliphatic heterocycles. The molecular weight excluding hydrogens is 403 g/mol. The topological polar surface area (TPSA) is 135 Å². The van der Waals surface area contributed by atoms with Gasteiger partial charge in [-0.05, 0) is 25.7 Å². The van der Waals surface area contributed by atoms with E-state index in [1.54, 1.807) is 12.4 Å². The summed E-state index contributed by atoms with van der Waals surface area (Å²) < 4.78 is 19.4. The van der Waals surface area contributed by atoms with Crippen molar-refractivity contribution in [3.8, 4) is 11.4 Å². The van der Waals surface area contributed by atoms with Gasteiger partial charge in [-0.3, -0.25) is 4.79 Å². The van der Waals surface area contributed by atoms with Crippen LogP contribution in [0.1, 0.15) is 36.2 Å². The van der Waals surface area contributed by atoms with Crippen molar-refractivity contribution in [2.75, 3.05) is 5.32 Å². The minimum absolute atomic E-state index is 0.0441. The van der Waals surface area contributed by atoms with Gasteiger partial charge in [0.05, 0.1) is 12.4 Å². The number of hydrogen-bond donors (Lipinski definition) is 3. The van der Waals surface area contributed by atoms with Crippen LogP contribution in [0.25, 0.3) is 22.4 Å². The van der Waals surface area contributed by atoms with Crippen LogP contribution in [0.4, 0.5) is 10.2 Å². The summed E-state index contributed by atoms with van der Waals surface area (Å²) in [6.07, 6.45) is 10.6. The van der Waals surface area contributed by atoms with Crippen molar-refractivity contribution in [2.45, 2.75) is 37.8 Å². The molecule has 0 unspecified atom stereocenters. The molecule has 0 spiro atoms. The number of carbonyl (C=O) groups excluding carboxylic acids is 1. The fraction of sp³-hybridized carbons (Fsp3) is 0.300. The number of aromatic amines is 1. The molecule has 4 aromatic heterocycles. The highest BCUT2D eigenvalue weighted by Crippen LogP contribution is 2.27. The molecule has 4 heterocycles. The number of nitrogens with one attached hydrogen (secondary N) is 3. The number of carbonyl (C=O) groups is 1. The SMILES string of the molecule is O=C(N[C@H]1CCC[C@@H](Nc2nc(-c3c[nH]c4ncncc34)ncc2F)C1)c1ccno1. The molecule has 31 heavy (non-hydrogen) atoms. The van der Waals surface area contributed by atoms with Crippen molar-refractivity contribution in [3.05, 3.63) is 48.8 Å². The van der Waals surface area contributed by atoms with Crippen LogP contribution in [0, 0.1) is 5.82 Å². The highest BCUT2D eigenvalue weighted by atomic mass is 19.1. The molecule has 1 saturated carbocycles. The molecule has 2 atom stereocenters. The second-order valence-corrected chi connectivity index (χ2v) is 7.43. The van der Waals surface area contributed by atoms with Crippen LogP contribution in [-0.2, 0) is 0 Å². The zero-order chi connectivity index (χ0) is 21.2. The molecule has 1 aliphatic rings. The van der Waals surface area contributed by atoms with Crippen molar-refractivity contribution >= 4 is 22.8 Å². The summed E-state index contributed by atoms with van der Waals surface area (Å²) in [4.78, 5) is 32.0. The summed E-state index contributed by atoms with van der Waals surface area (Å²) in [5.41, 5.74) is 1.35. The maximum atomic E-state index is 14.5. The number of fused-ring (bicyclic) bond motifs is 1. The first-order valence-corrected chi connectivity index (χ1v) is 9.95. The zero-order valence-electron chi connectivity index (χ0n) is 16.4. The molecule has 4 aromatic rings. The Morgan fingerprint density at radius 1 is 1.23 bits per heavy atom. The maximum Gasteiger partial charge on any atom is 0.290 e. The van der Waals surface area contributed by atoms with Gasteiger partial charge in [-0.1, -0.05) is 5.16 Å². The number of halogens is 1. The molecule has 1 aliphatic carbocycles. The predicted molar refractivity (Wildman–Crippen MR) is 109 cm³/mol. The first-order chi connectivity index (χ1) is 15.2. The Morgan fingerprint density at radius 2 is 2.13 bits per heavy atom. The van der Waals surface area contributed by atoms with Gasteiger partial charge < -0.3 is 20.1 Å². The minimum Gasteiger partial charge on any atom is -0.365 e. The van der Waals surface area contributed by atoms with E-state index in [-0.39, 0.29) is 29.6 Å². The van der Waals surface area contributed by atoms with Gasteiger partial charge >= 0.3 is 0 Å².